The molecule has 0 aliphatic carbocycles. The van der Waals surface area contributed by atoms with Crippen LogP contribution in [0.2, 0.25) is 0 Å². The summed E-state index contributed by atoms with van der Waals surface area (Å²) in [6.45, 7) is 6.15. The van der Waals surface area contributed by atoms with Crippen LogP contribution in [0.25, 0.3) is 0 Å². The van der Waals surface area contributed by atoms with Crippen LogP contribution in [0, 0.1) is 12.8 Å². The summed E-state index contributed by atoms with van der Waals surface area (Å²) in [5.41, 5.74) is 1.72. The van der Waals surface area contributed by atoms with Gasteiger partial charge in [0.15, 0.2) is 5.82 Å². The Morgan fingerprint density at radius 3 is 2.88 bits per heavy atom. The van der Waals surface area contributed by atoms with Crippen molar-refractivity contribution >= 4 is 17.4 Å². The van der Waals surface area contributed by atoms with Crippen LogP contribution in [0.4, 0.5) is 11.5 Å². The van der Waals surface area contributed by atoms with E-state index in [9.17, 15) is 4.79 Å². The average Bonchev–Trinajstić information content (AvgIpc) is 2.19. The highest BCUT2D eigenvalue weighted by Gasteiger charge is 2.26. The highest BCUT2D eigenvalue weighted by Crippen LogP contribution is 2.26. The molecule has 1 aromatic heterocycles. The molecule has 0 saturated heterocycles. The molecule has 0 saturated carbocycles. The first-order valence-electron chi connectivity index (χ1n) is 5.61. The number of carbonyl (C=O) groups is 1. The lowest BCUT2D eigenvalue weighted by molar-refractivity contribution is -0.117. The summed E-state index contributed by atoms with van der Waals surface area (Å²) in [5, 5.41) is 6.07. The van der Waals surface area contributed by atoms with Crippen molar-refractivity contribution in [2.24, 2.45) is 5.92 Å². The lowest BCUT2D eigenvalue weighted by Crippen LogP contribution is -2.40. The van der Waals surface area contributed by atoms with Crippen molar-refractivity contribution in [3.8, 4) is 0 Å². The molecule has 1 aromatic rings. The molecule has 2 rings (SSSR count). The summed E-state index contributed by atoms with van der Waals surface area (Å²) in [7, 11) is 0. The Labute approximate surface area is 95.5 Å². The van der Waals surface area contributed by atoms with Gasteiger partial charge < -0.3 is 10.6 Å². The zero-order valence-corrected chi connectivity index (χ0v) is 9.87. The molecule has 16 heavy (non-hydrogen) atoms. The molecule has 0 aromatic carbocycles. The number of aromatic nitrogens is 1. The summed E-state index contributed by atoms with van der Waals surface area (Å²) < 4.78 is 0. The monoisotopic (exact) mass is 219 g/mol. The molecule has 0 spiro atoms. The topological polar surface area (TPSA) is 54.0 Å². The number of amides is 1. The maximum atomic E-state index is 11.8. The number of anilines is 2. The predicted octanol–water partition coefficient (Wildman–Crippen LogP) is 2.17. The lowest BCUT2D eigenvalue weighted by atomic mass is 10.0. The van der Waals surface area contributed by atoms with Gasteiger partial charge in [0, 0.05) is 5.69 Å². The second-order valence-corrected chi connectivity index (χ2v) is 4.66. The Kier molecular flexibility index (Phi) is 2.81. The van der Waals surface area contributed by atoms with E-state index in [-0.39, 0.29) is 11.9 Å². The minimum absolute atomic E-state index is 0.0341. The van der Waals surface area contributed by atoms with Crippen molar-refractivity contribution < 1.29 is 4.79 Å². The van der Waals surface area contributed by atoms with E-state index in [4.69, 9.17) is 0 Å². The SMILES string of the molecule is Cc1ccc2c(n1)NC(CC(C)C)C(=O)N2. The van der Waals surface area contributed by atoms with Crippen molar-refractivity contribution in [1.82, 2.24) is 4.98 Å². The number of carbonyl (C=O) groups excluding carboxylic acids is 1. The molecule has 1 aliphatic rings. The minimum Gasteiger partial charge on any atom is -0.357 e. The van der Waals surface area contributed by atoms with Crippen LogP contribution in [-0.4, -0.2) is 16.9 Å². The molecular formula is C12H17N3O. The van der Waals surface area contributed by atoms with Gasteiger partial charge in [0.1, 0.15) is 6.04 Å². The first-order valence-corrected chi connectivity index (χ1v) is 5.61. The third-order valence-electron chi connectivity index (χ3n) is 2.63. The predicted molar refractivity (Wildman–Crippen MR) is 64.5 cm³/mol. The van der Waals surface area contributed by atoms with Gasteiger partial charge in [-0.3, -0.25) is 4.79 Å². The van der Waals surface area contributed by atoms with Crippen molar-refractivity contribution in [3.63, 3.8) is 0 Å². The summed E-state index contributed by atoms with van der Waals surface area (Å²) in [5.74, 6) is 1.30. The van der Waals surface area contributed by atoms with Gasteiger partial charge in [0.05, 0.1) is 5.69 Å². The second kappa shape index (κ2) is 4.12. The zero-order chi connectivity index (χ0) is 11.7. The molecule has 4 nitrogen and oxygen atoms in total. The number of nitrogens with zero attached hydrogens (tertiary/aromatic N) is 1. The van der Waals surface area contributed by atoms with Crippen molar-refractivity contribution in [2.45, 2.75) is 33.2 Å². The van der Waals surface area contributed by atoms with Crippen molar-refractivity contribution in [3.05, 3.63) is 17.8 Å². The fourth-order valence-corrected chi connectivity index (χ4v) is 1.86. The minimum atomic E-state index is -0.165. The molecule has 4 heteroatoms. The van der Waals surface area contributed by atoms with Crippen LogP contribution in [0.15, 0.2) is 12.1 Å². The van der Waals surface area contributed by atoms with Crippen molar-refractivity contribution in [1.29, 1.82) is 0 Å². The van der Waals surface area contributed by atoms with E-state index in [0.29, 0.717) is 5.92 Å². The number of rotatable bonds is 2. The number of aryl methyl sites for hydroxylation is 1. The summed E-state index contributed by atoms with van der Waals surface area (Å²) in [6.07, 6.45) is 0.820. The Hall–Kier alpha value is -1.58. The smallest absolute Gasteiger partial charge is 0.247 e. The van der Waals surface area contributed by atoms with Crippen molar-refractivity contribution in [2.75, 3.05) is 10.6 Å². The largest absolute Gasteiger partial charge is 0.357 e. The van der Waals surface area contributed by atoms with E-state index in [1.807, 2.05) is 19.1 Å². The highest BCUT2D eigenvalue weighted by molar-refractivity contribution is 6.02. The van der Waals surface area contributed by atoms with E-state index in [2.05, 4.69) is 29.5 Å². The van der Waals surface area contributed by atoms with Gasteiger partial charge in [-0.25, -0.2) is 4.98 Å². The molecule has 1 amide bonds. The van der Waals surface area contributed by atoms with E-state index in [1.165, 1.54) is 0 Å². The van der Waals surface area contributed by atoms with Gasteiger partial charge in [0.2, 0.25) is 5.91 Å². The molecular weight excluding hydrogens is 202 g/mol. The van der Waals surface area contributed by atoms with E-state index in [1.54, 1.807) is 0 Å². The van der Waals surface area contributed by atoms with E-state index < -0.39 is 0 Å². The number of nitrogens with one attached hydrogen (secondary N) is 2. The zero-order valence-electron chi connectivity index (χ0n) is 9.87. The summed E-state index contributed by atoms with van der Waals surface area (Å²) in [6, 6.07) is 3.61. The van der Waals surface area contributed by atoms with Gasteiger partial charge in [-0.1, -0.05) is 13.8 Å². The van der Waals surface area contributed by atoms with Gasteiger partial charge in [-0.2, -0.15) is 0 Å². The molecule has 2 N–H and O–H groups in total. The molecule has 0 fully saturated rings. The van der Waals surface area contributed by atoms with Gasteiger partial charge in [0.25, 0.3) is 0 Å². The van der Waals surface area contributed by atoms with Gasteiger partial charge >= 0.3 is 0 Å². The van der Waals surface area contributed by atoms with Crippen LogP contribution in [0.5, 0.6) is 0 Å². The van der Waals surface area contributed by atoms with E-state index in [0.717, 1.165) is 23.6 Å². The average molecular weight is 219 g/mol. The Balaban J connectivity index is 2.22. The molecule has 2 heterocycles. The van der Waals surface area contributed by atoms with Crippen LogP contribution < -0.4 is 10.6 Å². The quantitative estimate of drug-likeness (QED) is 0.801. The number of fused-ring (bicyclic) bond motifs is 1. The normalized spacial score (nSPS) is 19.0. The maximum absolute atomic E-state index is 11.8. The summed E-state index contributed by atoms with van der Waals surface area (Å²) >= 11 is 0. The number of pyridine rings is 1. The molecule has 1 aliphatic heterocycles. The Morgan fingerprint density at radius 1 is 1.44 bits per heavy atom. The first kappa shape index (κ1) is 10.9. The molecule has 1 unspecified atom stereocenters. The van der Waals surface area contributed by atoms with Gasteiger partial charge in [-0.15, -0.1) is 0 Å². The highest BCUT2D eigenvalue weighted by atomic mass is 16.2. The van der Waals surface area contributed by atoms with Crippen LogP contribution in [-0.2, 0) is 4.79 Å². The van der Waals surface area contributed by atoms with E-state index >= 15 is 0 Å². The van der Waals surface area contributed by atoms with Gasteiger partial charge in [-0.05, 0) is 31.4 Å². The molecule has 86 valence electrons. The van der Waals surface area contributed by atoms with Crippen LogP contribution >= 0.6 is 0 Å². The third-order valence-corrected chi connectivity index (χ3v) is 2.63. The standard InChI is InChI=1S/C12H17N3O/c1-7(2)6-10-12(16)15-9-5-4-8(3)13-11(9)14-10/h4-5,7,10H,6H2,1-3H3,(H,13,14)(H,15,16). The Morgan fingerprint density at radius 2 is 2.19 bits per heavy atom. The molecule has 0 radical (unpaired) electrons. The number of hydrogen-bond donors (Lipinski definition) is 2. The molecule has 1 atom stereocenters. The van der Waals surface area contributed by atoms with Crippen LogP contribution in [0.3, 0.4) is 0 Å². The maximum Gasteiger partial charge on any atom is 0.247 e. The fraction of sp³-hybridized carbons (Fsp3) is 0.500. The number of hydrogen-bond acceptors (Lipinski definition) is 3. The molecule has 0 bridgehead atoms. The third kappa shape index (κ3) is 2.15. The first-order chi connectivity index (χ1) is 7.56. The fourth-order valence-electron chi connectivity index (χ4n) is 1.86. The second-order valence-electron chi connectivity index (χ2n) is 4.66. The summed E-state index contributed by atoms with van der Waals surface area (Å²) in [4.78, 5) is 16.2. The van der Waals surface area contributed by atoms with Crippen LogP contribution in [0.1, 0.15) is 26.0 Å². The lowest BCUT2D eigenvalue weighted by Gasteiger charge is -2.27. The Bertz CT molecular complexity index is 415.